The van der Waals surface area contributed by atoms with Crippen LogP contribution in [0.2, 0.25) is 0 Å². The molecule has 2 aliphatic rings. The van der Waals surface area contributed by atoms with Crippen molar-refractivity contribution in [1.82, 2.24) is 4.98 Å². The number of para-hydroxylation sites is 1. The molecule has 0 unspecified atom stereocenters. The number of nitrogens with zero attached hydrogens (tertiary/aromatic N) is 2. The fourth-order valence-corrected chi connectivity index (χ4v) is 3.76. The average Bonchev–Trinajstić information content (AvgIpc) is 3.28. The van der Waals surface area contributed by atoms with Gasteiger partial charge in [-0.2, -0.15) is 4.98 Å². The monoisotopic (exact) mass is 391 g/mol. The number of benzene rings is 2. The van der Waals surface area contributed by atoms with Gasteiger partial charge in [-0.15, -0.1) is 0 Å². The van der Waals surface area contributed by atoms with Crippen molar-refractivity contribution in [2.75, 3.05) is 12.1 Å². The minimum atomic E-state index is -0.350. The Hall–Kier alpha value is -3.65. The van der Waals surface area contributed by atoms with E-state index in [2.05, 4.69) is 15.3 Å². The first-order valence-electron chi connectivity index (χ1n) is 8.44. The molecule has 0 aliphatic carbocycles. The number of anilines is 2. The molecule has 7 nitrogen and oxygen atoms in total. The van der Waals surface area contributed by atoms with E-state index in [-0.39, 0.29) is 18.6 Å². The van der Waals surface area contributed by atoms with Crippen molar-refractivity contribution >= 4 is 40.2 Å². The van der Waals surface area contributed by atoms with Crippen LogP contribution in [0.25, 0.3) is 12.2 Å². The number of nitrogens with one attached hydrogen (secondary N) is 1. The molecule has 3 heterocycles. The maximum absolute atomic E-state index is 12.3. The number of hydrogen-bond acceptors (Lipinski definition) is 7. The number of amides is 1. The van der Waals surface area contributed by atoms with Crippen LogP contribution in [0.5, 0.6) is 17.4 Å². The van der Waals surface area contributed by atoms with E-state index in [0.29, 0.717) is 32.4 Å². The highest BCUT2D eigenvalue weighted by Crippen LogP contribution is 2.37. The summed E-state index contributed by atoms with van der Waals surface area (Å²) in [5, 5.41) is 15.3. The molecule has 0 fully saturated rings. The van der Waals surface area contributed by atoms with E-state index >= 15 is 0 Å². The molecule has 1 aromatic heterocycles. The summed E-state index contributed by atoms with van der Waals surface area (Å²) in [7, 11) is 0. The van der Waals surface area contributed by atoms with Gasteiger partial charge in [-0.25, -0.2) is 4.99 Å². The molecule has 28 heavy (non-hydrogen) atoms. The maximum Gasteiger partial charge on any atom is 0.277 e. The molecule has 8 heteroatoms. The first-order chi connectivity index (χ1) is 13.7. The first kappa shape index (κ1) is 16.5. The summed E-state index contributed by atoms with van der Waals surface area (Å²) in [6.45, 7) is 0.202. The number of aromatic nitrogens is 1. The largest absolute Gasteiger partial charge is 0.492 e. The molecule has 2 N–H and O–H groups in total. The molecule has 2 aliphatic heterocycles. The van der Waals surface area contributed by atoms with Crippen molar-refractivity contribution in [3.8, 4) is 17.4 Å². The van der Waals surface area contributed by atoms with E-state index in [9.17, 15) is 9.90 Å². The van der Waals surface area contributed by atoms with E-state index in [4.69, 9.17) is 9.47 Å². The molecular formula is C20H13N3O4S. The van der Waals surface area contributed by atoms with Crippen LogP contribution >= 0.6 is 11.3 Å². The Balaban J connectivity index is 1.45. The quantitative estimate of drug-likeness (QED) is 0.666. The lowest BCUT2D eigenvalue weighted by Gasteiger charge is -2.03. The lowest BCUT2D eigenvalue weighted by molar-refractivity contribution is -0.114. The van der Waals surface area contributed by atoms with Crippen LogP contribution in [0.1, 0.15) is 4.88 Å². The molecule has 0 spiro atoms. The Morgan fingerprint density at radius 3 is 2.93 bits per heavy atom. The summed E-state index contributed by atoms with van der Waals surface area (Å²) in [5.74, 6) is 0.835. The minimum Gasteiger partial charge on any atom is -0.492 e. The molecule has 3 aromatic rings. The highest BCUT2D eigenvalue weighted by atomic mass is 32.1. The predicted molar refractivity (Wildman–Crippen MR) is 104 cm³/mol. The van der Waals surface area contributed by atoms with Gasteiger partial charge in [0.05, 0.1) is 10.2 Å². The van der Waals surface area contributed by atoms with Crippen LogP contribution in [0.15, 0.2) is 53.0 Å². The lowest BCUT2D eigenvalue weighted by atomic mass is 10.1. The Bertz CT molecular complexity index is 1260. The highest BCUT2D eigenvalue weighted by Gasteiger charge is 2.16. The van der Waals surface area contributed by atoms with Gasteiger partial charge in [0, 0.05) is 22.5 Å². The first-order valence-corrected chi connectivity index (χ1v) is 9.25. The lowest BCUT2D eigenvalue weighted by Crippen LogP contribution is -2.29. The zero-order valence-corrected chi connectivity index (χ0v) is 15.2. The average molecular weight is 391 g/mol. The third-order valence-electron chi connectivity index (χ3n) is 4.26. The van der Waals surface area contributed by atoms with Crippen LogP contribution in [0.3, 0.4) is 0 Å². The minimum absolute atomic E-state index is 0.152. The Morgan fingerprint density at radius 1 is 1.14 bits per heavy atom. The number of carbonyl (C=O) groups excluding carboxylic acids is 1. The van der Waals surface area contributed by atoms with Crippen molar-refractivity contribution < 1.29 is 19.4 Å². The molecule has 0 atom stereocenters. The summed E-state index contributed by atoms with van der Waals surface area (Å²) < 4.78 is 10.6. The van der Waals surface area contributed by atoms with Crippen LogP contribution in [0, 0.1) is 0 Å². The van der Waals surface area contributed by atoms with Crippen molar-refractivity contribution in [3.05, 3.63) is 63.5 Å². The number of carbonyl (C=O) groups is 1. The number of ether oxygens (including phenoxy) is 2. The molecule has 0 saturated heterocycles. The van der Waals surface area contributed by atoms with Gasteiger partial charge in [-0.1, -0.05) is 29.5 Å². The second-order valence-electron chi connectivity index (χ2n) is 6.12. The molecule has 0 radical (unpaired) electrons. The number of fused-ring (bicyclic) bond motifs is 2. The topological polar surface area (TPSA) is 93.0 Å². The predicted octanol–water partition coefficient (Wildman–Crippen LogP) is 2.34. The van der Waals surface area contributed by atoms with Crippen molar-refractivity contribution in [2.45, 2.75) is 0 Å². The van der Waals surface area contributed by atoms with Gasteiger partial charge < -0.3 is 19.9 Å². The van der Waals surface area contributed by atoms with Gasteiger partial charge in [0.1, 0.15) is 0 Å². The zero-order chi connectivity index (χ0) is 19.1. The molecule has 5 rings (SSSR count). The van der Waals surface area contributed by atoms with Crippen molar-refractivity contribution in [2.24, 2.45) is 4.99 Å². The third kappa shape index (κ3) is 2.99. The number of thiazole rings is 1. The molecule has 1 amide bonds. The Labute approximate surface area is 162 Å². The van der Waals surface area contributed by atoms with Gasteiger partial charge >= 0.3 is 0 Å². The van der Waals surface area contributed by atoms with Crippen LogP contribution in [-0.2, 0) is 4.79 Å². The smallest absolute Gasteiger partial charge is 0.277 e. The van der Waals surface area contributed by atoms with Gasteiger partial charge in [0.15, 0.2) is 16.6 Å². The summed E-state index contributed by atoms with van der Waals surface area (Å²) in [6.07, 6.45) is 3.36. The normalized spacial score (nSPS) is 15.7. The van der Waals surface area contributed by atoms with Gasteiger partial charge in [0.25, 0.3) is 5.91 Å². The van der Waals surface area contributed by atoms with Crippen LogP contribution in [-0.4, -0.2) is 22.8 Å². The van der Waals surface area contributed by atoms with E-state index in [1.54, 1.807) is 30.4 Å². The summed E-state index contributed by atoms with van der Waals surface area (Å²) in [6, 6.07) is 12.8. The molecule has 2 aromatic carbocycles. The fraction of sp³-hybridized carbons (Fsp3) is 0.0500. The van der Waals surface area contributed by atoms with Crippen LogP contribution in [0.4, 0.5) is 10.8 Å². The fourth-order valence-electron chi connectivity index (χ4n) is 2.93. The summed E-state index contributed by atoms with van der Waals surface area (Å²) >= 11 is 1.23. The van der Waals surface area contributed by atoms with Gasteiger partial charge in [0.2, 0.25) is 12.7 Å². The Kier molecular flexibility index (Phi) is 3.84. The van der Waals surface area contributed by atoms with Gasteiger partial charge in [-0.05, 0) is 30.4 Å². The standard InChI is InChI=1S/C20H13N3O4S/c24-18-12(7-11-3-1-2-4-14(11)22-18)8-17-19(25)23-20(28-17)21-13-5-6-15-16(9-13)27-10-26-15/h1-9,25H,10H2,(H,21,23)/b12-8+. The highest BCUT2D eigenvalue weighted by molar-refractivity contribution is 7.16. The van der Waals surface area contributed by atoms with E-state index < -0.39 is 0 Å². The van der Waals surface area contributed by atoms with Crippen molar-refractivity contribution in [3.63, 3.8) is 0 Å². The maximum atomic E-state index is 12.3. The summed E-state index contributed by atoms with van der Waals surface area (Å²) in [4.78, 5) is 21.0. The summed E-state index contributed by atoms with van der Waals surface area (Å²) in [5.41, 5.74) is 1.15. The third-order valence-corrected chi connectivity index (χ3v) is 5.17. The molecule has 138 valence electrons. The van der Waals surface area contributed by atoms with Crippen molar-refractivity contribution in [1.29, 1.82) is 0 Å². The molecule has 0 saturated carbocycles. The number of rotatable bonds is 3. The number of hydrogen-bond donors (Lipinski definition) is 2. The second kappa shape index (κ2) is 6.50. The molecular weight excluding hydrogens is 378 g/mol. The van der Waals surface area contributed by atoms with Crippen LogP contribution < -0.4 is 25.4 Å². The molecule has 0 bridgehead atoms. The number of aromatic hydroxyl groups is 1. The van der Waals surface area contributed by atoms with E-state index in [1.165, 1.54) is 11.3 Å². The zero-order valence-electron chi connectivity index (χ0n) is 14.4. The van der Waals surface area contributed by atoms with E-state index in [1.807, 2.05) is 24.3 Å². The van der Waals surface area contributed by atoms with Gasteiger partial charge in [-0.3, -0.25) is 4.79 Å². The second-order valence-corrected chi connectivity index (χ2v) is 7.15. The SMILES string of the molecule is O=C1N=c2ccccc2=C/C1=C\c1sc(Nc2ccc3c(c2)OCO3)nc1O. The van der Waals surface area contributed by atoms with E-state index in [0.717, 1.165) is 10.9 Å². The Morgan fingerprint density at radius 2 is 2.00 bits per heavy atom.